The number of ether oxygens (including phenoxy) is 4. The van der Waals surface area contributed by atoms with E-state index in [4.69, 9.17) is 18.9 Å². The van der Waals surface area contributed by atoms with Gasteiger partial charge in [-0.1, -0.05) is 32.1 Å². The van der Waals surface area contributed by atoms with Crippen molar-refractivity contribution >= 4 is 18.1 Å². The van der Waals surface area contributed by atoms with E-state index in [-0.39, 0.29) is 54.1 Å². The van der Waals surface area contributed by atoms with Gasteiger partial charge in [0.1, 0.15) is 30.1 Å². The molecule has 3 fully saturated rings. The lowest BCUT2D eigenvalue weighted by molar-refractivity contribution is -0.178. The van der Waals surface area contributed by atoms with Gasteiger partial charge in [0, 0.05) is 42.2 Å². The normalized spacial score (nSPS) is 43.7. The van der Waals surface area contributed by atoms with Gasteiger partial charge in [-0.15, -0.1) is 0 Å². The Morgan fingerprint density at radius 3 is 2.50 bits per heavy atom. The highest BCUT2D eigenvalue weighted by Crippen LogP contribution is 2.66. The zero-order chi connectivity index (χ0) is 32.9. The molecule has 12 atom stereocenters. The van der Waals surface area contributed by atoms with Crippen LogP contribution in [0.4, 0.5) is 4.79 Å². The SMILES string of the molecule is C/C1=C\[C@@H](C)[C@@H]([C@@H](C)OC(=O)OC2CCC(O)CC2)OC(=O)CCC2C=C[C@H]3[C@H]4C([C@H]3[C@]12O)[C@H](O)[C@@H](C)[C@H]4OC(=O)c1ccc[nH]1. The molecule has 0 saturated heterocycles. The molecule has 3 saturated carbocycles. The standard InChI is InChI=1S/C35H47NO10/c1-17-16-18(2)35(42)21(8-14-26(38)45-31(17)20(4)43-34(41)44-23-11-9-22(37)10-12-23)7-13-24-27-28(29(24)35)30(39)19(3)32(27)46-33(40)25-6-5-15-36-25/h5-7,13,15-17,19-24,27-32,36-37,39,42H,8-12,14H2,1-4H3/b18-16+/t17-,19-,20-,21?,22?,23?,24+,27+,28?,29+,30-,31+,32-,35+/m1/s1. The Hall–Kier alpha value is -3.15. The van der Waals surface area contributed by atoms with Crippen LogP contribution in [0.1, 0.15) is 76.7 Å². The Kier molecular flexibility index (Phi) is 9.12. The third-order valence-electron chi connectivity index (χ3n) is 11.5. The molecule has 1 aromatic rings. The predicted molar refractivity (Wildman–Crippen MR) is 164 cm³/mol. The minimum Gasteiger partial charge on any atom is -0.458 e. The van der Waals surface area contributed by atoms with Crippen molar-refractivity contribution in [2.75, 3.05) is 0 Å². The van der Waals surface area contributed by atoms with Gasteiger partial charge in [-0.05, 0) is 75.5 Å². The number of nitrogens with one attached hydrogen (secondary N) is 1. The van der Waals surface area contributed by atoms with Gasteiger partial charge in [-0.25, -0.2) is 9.59 Å². The molecule has 1 aromatic heterocycles. The highest BCUT2D eigenvalue weighted by atomic mass is 16.7. The van der Waals surface area contributed by atoms with Gasteiger partial charge in [0.25, 0.3) is 0 Å². The van der Waals surface area contributed by atoms with Gasteiger partial charge in [-0.2, -0.15) is 0 Å². The lowest BCUT2D eigenvalue weighted by atomic mass is 9.46. The largest absolute Gasteiger partial charge is 0.508 e. The van der Waals surface area contributed by atoms with Crippen LogP contribution in [-0.4, -0.2) is 80.6 Å². The number of fused-ring (bicyclic) bond motifs is 6. The molecular formula is C35H47NO10. The van der Waals surface area contributed by atoms with Crippen LogP contribution < -0.4 is 0 Å². The first-order valence-electron chi connectivity index (χ1n) is 16.8. The molecule has 11 nitrogen and oxygen atoms in total. The Balaban J connectivity index is 1.21. The molecule has 0 aromatic carbocycles. The molecule has 6 rings (SSSR count). The minimum absolute atomic E-state index is 0.0518. The molecule has 2 unspecified atom stereocenters. The monoisotopic (exact) mass is 641 g/mol. The van der Waals surface area contributed by atoms with Gasteiger partial charge in [0.05, 0.1) is 17.8 Å². The van der Waals surface area contributed by atoms with Crippen molar-refractivity contribution in [2.45, 2.75) is 108 Å². The van der Waals surface area contributed by atoms with Crippen molar-refractivity contribution in [3.63, 3.8) is 0 Å². The summed E-state index contributed by atoms with van der Waals surface area (Å²) < 4.78 is 22.9. The summed E-state index contributed by atoms with van der Waals surface area (Å²) in [6, 6.07) is 3.38. The molecule has 1 aliphatic heterocycles. The second-order valence-corrected chi connectivity index (χ2v) is 14.2. The minimum atomic E-state index is -1.36. The third kappa shape index (κ3) is 5.79. The van der Waals surface area contributed by atoms with Crippen LogP contribution in [0.3, 0.4) is 0 Å². The Bertz CT molecular complexity index is 1350. The number of rotatable bonds is 5. The highest BCUT2D eigenvalue weighted by molar-refractivity contribution is 5.87. The van der Waals surface area contributed by atoms with E-state index < -0.39 is 54.0 Å². The molecule has 4 N–H and O–H groups in total. The zero-order valence-electron chi connectivity index (χ0n) is 26.9. The van der Waals surface area contributed by atoms with Gasteiger partial charge in [-0.3, -0.25) is 4.79 Å². The summed E-state index contributed by atoms with van der Waals surface area (Å²) in [5.41, 5.74) is -0.307. The summed E-state index contributed by atoms with van der Waals surface area (Å²) in [5.74, 6) is -2.99. The average Bonchev–Trinajstić information content (AvgIpc) is 3.61. The van der Waals surface area contributed by atoms with E-state index in [9.17, 15) is 29.7 Å². The number of H-pyrrole nitrogens is 1. The van der Waals surface area contributed by atoms with Crippen LogP contribution in [0.5, 0.6) is 0 Å². The fourth-order valence-electron chi connectivity index (χ4n) is 9.10. The second-order valence-electron chi connectivity index (χ2n) is 14.2. The highest BCUT2D eigenvalue weighted by Gasteiger charge is 2.70. The quantitative estimate of drug-likeness (QED) is 0.209. The molecule has 0 spiro atoms. The van der Waals surface area contributed by atoms with Crippen LogP contribution in [0.25, 0.3) is 0 Å². The molecule has 0 radical (unpaired) electrons. The number of aliphatic hydroxyl groups excluding tert-OH is 2. The number of aliphatic hydroxyl groups is 3. The molecule has 252 valence electrons. The van der Waals surface area contributed by atoms with Gasteiger partial charge < -0.3 is 39.3 Å². The summed E-state index contributed by atoms with van der Waals surface area (Å²) in [4.78, 5) is 41.5. The van der Waals surface area contributed by atoms with Crippen LogP contribution in [0.15, 0.2) is 42.1 Å². The molecule has 46 heavy (non-hydrogen) atoms. The molecule has 0 amide bonds. The number of aromatic nitrogens is 1. The molecule has 2 heterocycles. The van der Waals surface area contributed by atoms with Crippen LogP contribution >= 0.6 is 0 Å². The molecule has 0 bridgehead atoms. The summed E-state index contributed by atoms with van der Waals surface area (Å²) in [7, 11) is 0. The first-order valence-corrected chi connectivity index (χ1v) is 16.8. The van der Waals surface area contributed by atoms with E-state index in [0.29, 0.717) is 43.4 Å². The fourth-order valence-corrected chi connectivity index (χ4v) is 9.10. The maximum Gasteiger partial charge on any atom is 0.508 e. The van der Waals surface area contributed by atoms with Crippen LogP contribution in [0, 0.1) is 41.4 Å². The van der Waals surface area contributed by atoms with E-state index in [2.05, 4.69) is 11.1 Å². The number of allylic oxidation sites excluding steroid dienone is 1. The average molecular weight is 642 g/mol. The first-order chi connectivity index (χ1) is 21.9. The zero-order valence-corrected chi connectivity index (χ0v) is 26.9. The number of hydrogen-bond acceptors (Lipinski definition) is 10. The molecular weight excluding hydrogens is 594 g/mol. The van der Waals surface area contributed by atoms with Gasteiger partial charge in [0.2, 0.25) is 0 Å². The van der Waals surface area contributed by atoms with Crippen LogP contribution in [-0.2, 0) is 23.7 Å². The van der Waals surface area contributed by atoms with E-state index in [1.165, 1.54) is 0 Å². The van der Waals surface area contributed by atoms with Crippen molar-refractivity contribution in [3.8, 4) is 0 Å². The number of hydrogen-bond donors (Lipinski definition) is 4. The van der Waals surface area contributed by atoms with Gasteiger partial charge >= 0.3 is 18.1 Å². The van der Waals surface area contributed by atoms with E-state index in [0.717, 1.165) is 0 Å². The van der Waals surface area contributed by atoms with Crippen molar-refractivity contribution < 1.29 is 48.7 Å². The molecule has 11 heteroatoms. The van der Waals surface area contributed by atoms with Crippen molar-refractivity contribution in [1.82, 2.24) is 4.98 Å². The lowest BCUT2D eigenvalue weighted by Crippen LogP contribution is -2.64. The van der Waals surface area contributed by atoms with E-state index in [1.54, 1.807) is 25.3 Å². The topological polar surface area (TPSA) is 165 Å². The number of cyclic esters (lactones) is 1. The van der Waals surface area contributed by atoms with Crippen LogP contribution in [0.2, 0.25) is 0 Å². The Morgan fingerprint density at radius 2 is 1.80 bits per heavy atom. The van der Waals surface area contributed by atoms with Crippen molar-refractivity contribution in [1.29, 1.82) is 0 Å². The number of carbonyl (C=O) groups excluding carboxylic acids is 3. The van der Waals surface area contributed by atoms with Crippen molar-refractivity contribution in [3.05, 3.63) is 47.8 Å². The first kappa shape index (κ1) is 32.8. The summed E-state index contributed by atoms with van der Waals surface area (Å²) in [5, 5.41) is 33.9. The molecule has 4 aliphatic carbocycles. The fraction of sp³-hybridized carbons (Fsp3) is 0.686. The third-order valence-corrected chi connectivity index (χ3v) is 11.5. The maximum atomic E-state index is 13.1. The predicted octanol–water partition coefficient (Wildman–Crippen LogP) is 4.08. The lowest BCUT2D eigenvalue weighted by Gasteiger charge is -2.61. The van der Waals surface area contributed by atoms with E-state index in [1.807, 2.05) is 32.9 Å². The van der Waals surface area contributed by atoms with Gasteiger partial charge in [0.15, 0.2) is 0 Å². The summed E-state index contributed by atoms with van der Waals surface area (Å²) >= 11 is 0. The Labute approximate surface area is 269 Å². The summed E-state index contributed by atoms with van der Waals surface area (Å²) in [6.07, 6.45) is 5.72. The smallest absolute Gasteiger partial charge is 0.458 e. The van der Waals surface area contributed by atoms with Crippen molar-refractivity contribution in [2.24, 2.45) is 41.4 Å². The van der Waals surface area contributed by atoms with E-state index >= 15 is 0 Å². The summed E-state index contributed by atoms with van der Waals surface area (Å²) in [6.45, 7) is 7.28. The Morgan fingerprint density at radius 1 is 1.07 bits per heavy atom. The molecule has 5 aliphatic rings. The second kappa shape index (κ2) is 12.8. The maximum absolute atomic E-state index is 13.1. The number of aromatic amines is 1. The number of carbonyl (C=O) groups is 3. The number of esters is 2.